The fourth-order valence-corrected chi connectivity index (χ4v) is 6.52. The summed E-state index contributed by atoms with van der Waals surface area (Å²) in [6.45, 7) is 6.45. The zero-order valence-corrected chi connectivity index (χ0v) is 23.7. The molecule has 1 saturated heterocycles. The molecule has 2 aromatic rings. The summed E-state index contributed by atoms with van der Waals surface area (Å²) in [6, 6.07) is 9.55. The normalized spacial score (nSPS) is 28.2. The molecule has 9 N–H and O–H groups in total. The summed E-state index contributed by atoms with van der Waals surface area (Å²) in [5.74, 6) is -3.02. The molecule has 4 aliphatic rings. The Labute approximate surface area is 243 Å². The third-order valence-corrected chi connectivity index (χ3v) is 8.82. The van der Waals surface area contributed by atoms with E-state index in [-0.39, 0.29) is 36.3 Å². The van der Waals surface area contributed by atoms with Gasteiger partial charge in [0.15, 0.2) is 17.6 Å². The second kappa shape index (κ2) is 9.60. The summed E-state index contributed by atoms with van der Waals surface area (Å²) < 4.78 is 5.90. The molecule has 1 spiro atoms. The molecular formula is C29H36N8O5. The van der Waals surface area contributed by atoms with Crippen molar-refractivity contribution in [1.82, 2.24) is 20.9 Å². The van der Waals surface area contributed by atoms with Crippen LogP contribution in [0.1, 0.15) is 52.1 Å². The number of aliphatic hydroxyl groups is 2. The van der Waals surface area contributed by atoms with Crippen molar-refractivity contribution in [1.29, 1.82) is 0 Å². The summed E-state index contributed by atoms with van der Waals surface area (Å²) in [6.07, 6.45) is 0.807. The number of carbonyl (C=O) groups excluding carboxylic acids is 2. The Morgan fingerprint density at radius 1 is 1.14 bits per heavy atom. The second-order valence-electron chi connectivity index (χ2n) is 12.0. The van der Waals surface area contributed by atoms with Crippen LogP contribution < -0.4 is 32.2 Å². The highest BCUT2D eigenvalue weighted by atomic mass is 16.5. The van der Waals surface area contributed by atoms with Gasteiger partial charge in [-0.1, -0.05) is 43.7 Å². The minimum Gasteiger partial charge on any atom is -0.492 e. The minimum absolute atomic E-state index is 0.00255. The van der Waals surface area contributed by atoms with Crippen LogP contribution in [0.2, 0.25) is 0 Å². The lowest BCUT2D eigenvalue weighted by molar-refractivity contribution is -0.230. The lowest BCUT2D eigenvalue weighted by Gasteiger charge is -2.49. The number of nitrogens with two attached hydrogens (primary N) is 2. The van der Waals surface area contributed by atoms with E-state index >= 15 is 0 Å². The lowest BCUT2D eigenvalue weighted by atomic mass is 9.79. The third kappa shape index (κ3) is 4.14. The van der Waals surface area contributed by atoms with E-state index in [1.807, 2.05) is 19.1 Å². The number of carbonyl (C=O) groups is 2. The molecule has 4 heterocycles. The number of nitrogens with one attached hydrogen (secondary N) is 3. The first-order valence-corrected chi connectivity index (χ1v) is 13.9. The van der Waals surface area contributed by atoms with Crippen molar-refractivity contribution < 1.29 is 24.5 Å². The van der Waals surface area contributed by atoms with Gasteiger partial charge in [-0.15, -0.1) is 0 Å². The summed E-state index contributed by atoms with van der Waals surface area (Å²) in [5, 5.41) is 32.0. The molecular weight excluding hydrogens is 540 g/mol. The molecule has 2 aromatic carbocycles. The SMILES string of the molecule is Cc1cccc(C(=O)NC[C@H]2N=C(N)N3C[C@H](NC(=O)c4cccc5c4OCCC5(C)C)C(O)(O)[C@@]34NC(N)=NC24)c1. The maximum Gasteiger partial charge on any atom is 0.255 e. The summed E-state index contributed by atoms with van der Waals surface area (Å²) in [5.41, 5.74) is 13.1. The number of ether oxygens (including phenoxy) is 1. The topological polar surface area (TPSA) is 200 Å². The smallest absolute Gasteiger partial charge is 0.255 e. The molecule has 4 aliphatic heterocycles. The van der Waals surface area contributed by atoms with Crippen LogP contribution in [0.15, 0.2) is 52.4 Å². The van der Waals surface area contributed by atoms with E-state index < -0.39 is 35.5 Å². The third-order valence-electron chi connectivity index (χ3n) is 8.82. The first kappa shape index (κ1) is 27.8. The summed E-state index contributed by atoms with van der Waals surface area (Å²) in [4.78, 5) is 36.9. The van der Waals surface area contributed by atoms with Crippen molar-refractivity contribution in [3.8, 4) is 5.75 Å². The van der Waals surface area contributed by atoms with Crippen LogP contribution in [0.25, 0.3) is 0 Å². The number of nitrogens with zero attached hydrogens (tertiary/aromatic N) is 3. The fourth-order valence-electron chi connectivity index (χ4n) is 6.52. The number of hydrogen-bond acceptors (Lipinski definition) is 11. The van der Waals surface area contributed by atoms with Gasteiger partial charge in [0.05, 0.1) is 18.2 Å². The van der Waals surface area contributed by atoms with Gasteiger partial charge in [0.1, 0.15) is 17.8 Å². The number of rotatable bonds is 5. The Kier molecular flexibility index (Phi) is 6.35. The molecule has 13 nitrogen and oxygen atoms in total. The van der Waals surface area contributed by atoms with Crippen LogP contribution in [0.3, 0.4) is 0 Å². The van der Waals surface area contributed by atoms with Gasteiger partial charge >= 0.3 is 0 Å². The van der Waals surface area contributed by atoms with E-state index in [1.165, 1.54) is 4.90 Å². The van der Waals surface area contributed by atoms with Crippen LogP contribution in [0.4, 0.5) is 0 Å². The number of hydrogen-bond donors (Lipinski definition) is 7. The van der Waals surface area contributed by atoms with Gasteiger partial charge in [-0.3, -0.25) is 9.59 Å². The molecule has 0 bridgehead atoms. The Bertz CT molecular complexity index is 1520. The van der Waals surface area contributed by atoms with Crippen LogP contribution in [-0.2, 0) is 5.41 Å². The maximum absolute atomic E-state index is 13.6. The van der Waals surface area contributed by atoms with Crippen molar-refractivity contribution in [3.05, 3.63) is 64.7 Å². The highest BCUT2D eigenvalue weighted by molar-refractivity contribution is 5.98. The molecule has 0 radical (unpaired) electrons. The number of para-hydroxylation sites is 1. The number of guanidine groups is 2. The van der Waals surface area contributed by atoms with E-state index in [0.29, 0.717) is 23.5 Å². The maximum atomic E-state index is 13.6. The van der Waals surface area contributed by atoms with Gasteiger partial charge < -0.3 is 47.3 Å². The number of aliphatic imine (C=N–C) groups is 2. The molecule has 42 heavy (non-hydrogen) atoms. The monoisotopic (exact) mass is 576 g/mol. The largest absolute Gasteiger partial charge is 0.492 e. The quantitative estimate of drug-likeness (QED) is 0.224. The van der Waals surface area contributed by atoms with Crippen LogP contribution in [-0.4, -0.2) is 88.1 Å². The van der Waals surface area contributed by atoms with Gasteiger partial charge in [0.2, 0.25) is 5.79 Å². The molecule has 6 rings (SSSR count). The van der Waals surface area contributed by atoms with Gasteiger partial charge in [-0.05, 0) is 37.0 Å². The van der Waals surface area contributed by atoms with Gasteiger partial charge in [-0.2, -0.15) is 0 Å². The van der Waals surface area contributed by atoms with Gasteiger partial charge in [0.25, 0.3) is 11.8 Å². The second-order valence-corrected chi connectivity index (χ2v) is 12.0. The molecule has 4 atom stereocenters. The highest BCUT2D eigenvalue weighted by Crippen LogP contribution is 2.45. The van der Waals surface area contributed by atoms with Gasteiger partial charge in [-0.25, -0.2) is 9.98 Å². The van der Waals surface area contributed by atoms with Crippen molar-refractivity contribution >= 4 is 23.7 Å². The average Bonchev–Trinajstić information content (AvgIpc) is 3.40. The van der Waals surface area contributed by atoms with E-state index in [1.54, 1.807) is 30.3 Å². The first-order valence-electron chi connectivity index (χ1n) is 13.9. The van der Waals surface area contributed by atoms with E-state index in [2.05, 4.69) is 39.8 Å². The fraction of sp³-hybridized carbons (Fsp3) is 0.448. The molecule has 1 fully saturated rings. The van der Waals surface area contributed by atoms with Crippen molar-refractivity contribution in [2.45, 2.75) is 62.2 Å². The van der Waals surface area contributed by atoms with Crippen molar-refractivity contribution in [2.24, 2.45) is 21.5 Å². The molecule has 0 aliphatic carbocycles. The predicted octanol–water partition coefficient (Wildman–Crippen LogP) is -0.740. The van der Waals surface area contributed by atoms with Crippen LogP contribution >= 0.6 is 0 Å². The van der Waals surface area contributed by atoms with Gasteiger partial charge in [0, 0.05) is 24.2 Å². The minimum atomic E-state index is -2.60. The Morgan fingerprint density at radius 2 is 1.90 bits per heavy atom. The first-order chi connectivity index (χ1) is 19.8. The summed E-state index contributed by atoms with van der Waals surface area (Å²) >= 11 is 0. The van der Waals surface area contributed by atoms with E-state index in [0.717, 1.165) is 17.5 Å². The number of aryl methyl sites for hydroxylation is 1. The number of amides is 2. The van der Waals surface area contributed by atoms with Crippen molar-refractivity contribution in [3.63, 3.8) is 0 Å². The molecule has 0 aromatic heterocycles. The zero-order valence-electron chi connectivity index (χ0n) is 23.7. The lowest BCUT2D eigenvalue weighted by Crippen LogP contribution is -2.78. The van der Waals surface area contributed by atoms with Crippen LogP contribution in [0, 0.1) is 6.92 Å². The Morgan fingerprint density at radius 3 is 2.67 bits per heavy atom. The summed E-state index contributed by atoms with van der Waals surface area (Å²) in [7, 11) is 0. The average molecular weight is 577 g/mol. The molecule has 2 amide bonds. The molecule has 1 unspecified atom stereocenters. The highest BCUT2D eigenvalue weighted by Gasteiger charge is 2.73. The number of benzene rings is 2. The van der Waals surface area contributed by atoms with Crippen LogP contribution in [0.5, 0.6) is 5.75 Å². The zero-order chi connectivity index (χ0) is 30.0. The van der Waals surface area contributed by atoms with E-state index in [9.17, 15) is 19.8 Å². The predicted molar refractivity (Wildman–Crippen MR) is 155 cm³/mol. The molecule has 222 valence electrons. The molecule has 13 heteroatoms. The standard InChI is InChI=1S/C29H36N8O5/c1-15-6-4-7-16(12-15)23(38)32-13-19-22-28(36-25(30)35-22)29(40,41)20(14-37(28)26(31)33-19)34-24(39)17-8-5-9-18-21(17)42-11-10-27(18,2)3/h4-9,12,19-20,22,40-41H,10-11,13-14H2,1-3H3,(H2,31,33)(H,32,38)(H,34,39)(H3,30,35,36)/t19-,20+,22?,28+/m1/s1. The number of fused-ring (bicyclic) bond motifs is 1. The Hall–Kier alpha value is -4.36. The Balaban J connectivity index is 1.26. The molecule has 0 saturated carbocycles. The van der Waals surface area contributed by atoms with Crippen molar-refractivity contribution in [2.75, 3.05) is 19.7 Å². The van der Waals surface area contributed by atoms with E-state index in [4.69, 9.17) is 16.2 Å².